The molecule has 4 rings (SSSR count). The third kappa shape index (κ3) is 4.14. The van der Waals surface area contributed by atoms with Crippen molar-refractivity contribution < 1.29 is 19.1 Å². The van der Waals surface area contributed by atoms with Crippen LogP contribution in [0.5, 0.6) is 0 Å². The number of benzene rings is 1. The van der Waals surface area contributed by atoms with Crippen LogP contribution in [-0.2, 0) is 16.1 Å². The SMILES string of the molecule is CN1CCC(c2ccc(Nc3ccc(Cl)c4c3C(=O)N(C(=O)OC(C)(C)C)C4)nc2)C1=O. The maximum Gasteiger partial charge on any atom is 0.417 e. The van der Waals surface area contributed by atoms with Crippen LogP contribution < -0.4 is 5.32 Å². The number of aromatic nitrogens is 1. The first-order chi connectivity index (χ1) is 15.0. The maximum absolute atomic E-state index is 13.0. The number of rotatable bonds is 3. The number of imide groups is 1. The van der Waals surface area contributed by atoms with Crippen LogP contribution in [0.4, 0.5) is 16.3 Å². The highest BCUT2D eigenvalue weighted by Crippen LogP contribution is 2.36. The van der Waals surface area contributed by atoms with Crippen LogP contribution in [0.15, 0.2) is 30.5 Å². The minimum Gasteiger partial charge on any atom is -0.443 e. The fourth-order valence-corrected chi connectivity index (χ4v) is 4.13. The van der Waals surface area contributed by atoms with Gasteiger partial charge in [-0.15, -0.1) is 0 Å². The average Bonchev–Trinajstić information content (AvgIpc) is 3.24. The standard InChI is InChI=1S/C23H25ClN4O4/c1-23(2,3)32-22(31)28-12-15-16(24)6-7-17(19(15)21(28)30)26-18-8-5-13(11-25-18)14-9-10-27(4)20(14)29/h5-8,11,14H,9-10,12H2,1-4H3,(H,25,26). The fraction of sp³-hybridized carbons (Fsp3) is 0.391. The number of likely N-dealkylation sites (tertiary alicyclic amines) is 1. The first kappa shape index (κ1) is 22.1. The molecule has 0 radical (unpaired) electrons. The van der Waals surface area contributed by atoms with Gasteiger partial charge < -0.3 is 15.0 Å². The van der Waals surface area contributed by atoms with Crippen LogP contribution in [-0.4, -0.2) is 51.9 Å². The van der Waals surface area contributed by atoms with Crippen molar-refractivity contribution in [3.63, 3.8) is 0 Å². The van der Waals surface area contributed by atoms with Gasteiger partial charge >= 0.3 is 6.09 Å². The quantitative estimate of drug-likeness (QED) is 0.739. The highest BCUT2D eigenvalue weighted by atomic mass is 35.5. The summed E-state index contributed by atoms with van der Waals surface area (Å²) in [5.41, 5.74) is 1.51. The summed E-state index contributed by atoms with van der Waals surface area (Å²) in [7, 11) is 1.80. The van der Waals surface area contributed by atoms with Crippen molar-refractivity contribution in [3.05, 3.63) is 52.2 Å². The Labute approximate surface area is 191 Å². The second-order valence-electron chi connectivity index (χ2n) is 9.02. The summed E-state index contributed by atoms with van der Waals surface area (Å²) < 4.78 is 5.36. The summed E-state index contributed by atoms with van der Waals surface area (Å²) in [6.07, 6.45) is 1.73. The van der Waals surface area contributed by atoms with Gasteiger partial charge in [-0.25, -0.2) is 14.7 Å². The van der Waals surface area contributed by atoms with Gasteiger partial charge in [-0.1, -0.05) is 17.7 Å². The van der Waals surface area contributed by atoms with E-state index in [0.717, 1.165) is 23.4 Å². The van der Waals surface area contributed by atoms with E-state index < -0.39 is 17.6 Å². The van der Waals surface area contributed by atoms with Gasteiger partial charge in [-0.05, 0) is 51.0 Å². The second kappa shape index (κ2) is 8.09. The van der Waals surface area contributed by atoms with E-state index in [1.165, 1.54) is 0 Å². The smallest absolute Gasteiger partial charge is 0.417 e. The lowest BCUT2D eigenvalue weighted by Gasteiger charge is -2.23. The third-order valence-corrected chi connectivity index (χ3v) is 5.88. The van der Waals surface area contributed by atoms with Gasteiger partial charge in [0, 0.05) is 30.4 Å². The molecule has 0 bridgehead atoms. The highest BCUT2D eigenvalue weighted by Gasteiger charge is 2.38. The number of carbonyl (C=O) groups is 3. The number of nitrogens with zero attached hydrogens (tertiary/aromatic N) is 3. The molecule has 1 aromatic carbocycles. The summed E-state index contributed by atoms with van der Waals surface area (Å²) in [5.74, 6) is -0.0443. The van der Waals surface area contributed by atoms with E-state index in [1.807, 2.05) is 6.07 Å². The molecular weight excluding hydrogens is 432 g/mol. The zero-order chi connectivity index (χ0) is 23.2. The lowest BCUT2D eigenvalue weighted by Crippen LogP contribution is -2.37. The number of amides is 3. The molecule has 1 aromatic heterocycles. The molecule has 1 saturated heterocycles. The van der Waals surface area contributed by atoms with E-state index in [0.29, 0.717) is 27.7 Å². The first-order valence-electron chi connectivity index (χ1n) is 10.4. The van der Waals surface area contributed by atoms with E-state index in [1.54, 1.807) is 57.1 Å². The molecule has 0 saturated carbocycles. The second-order valence-corrected chi connectivity index (χ2v) is 9.43. The van der Waals surface area contributed by atoms with Crippen molar-refractivity contribution in [1.82, 2.24) is 14.8 Å². The minimum absolute atomic E-state index is 0.0428. The van der Waals surface area contributed by atoms with Crippen molar-refractivity contribution >= 4 is 41.0 Å². The third-order valence-electron chi connectivity index (χ3n) is 5.52. The Morgan fingerprint density at radius 1 is 1.22 bits per heavy atom. The van der Waals surface area contributed by atoms with Gasteiger partial charge in [0.1, 0.15) is 11.4 Å². The van der Waals surface area contributed by atoms with E-state index >= 15 is 0 Å². The number of hydrogen-bond acceptors (Lipinski definition) is 6. The molecule has 1 N–H and O–H groups in total. The molecule has 32 heavy (non-hydrogen) atoms. The van der Waals surface area contributed by atoms with Gasteiger partial charge in [0.05, 0.1) is 23.7 Å². The van der Waals surface area contributed by atoms with Crippen LogP contribution in [0.2, 0.25) is 5.02 Å². The van der Waals surface area contributed by atoms with Crippen molar-refractivity contribution in [2.75, 3.05) is 18.9 Å². The number of likely N-dealkylation sites (N-methyl/N-ethyl adjacent to an activating group) is 1. The van der Waals surface area contributed by atoms with Crippen LogP contribution in [0.3, 0.4) is 0 Å². The van der Waals surface area contributed by atoms with E-state index in [4.69, 9.17) is 16.3 Å². The van der Waals surface area contributed by atoms with Gasteiger partial charge in [-0.3, -0.25) is 9.59 Å². The van der Waals surface area contributed by atoms with Crippen molar-refractivity contribution in [3.8, 4) is 0 Å². The lowest BCUT2D eigenvalue weighted by molar-refractivity contribution is -0.127. The molecule has 9 heteroatoms. The lowest BCUT2D eigenvalue weighted by atomic mass is 10.00. The number of pyridine rings is 1. The van der Waals surface area contributed by atoms with Gasteiger partial charge in [0.25, 0.3) is 5.91 Å². The van der Waals surface area contributed by atoms with Crippen molar-refractivity contribution in [2.45, 2.75) is 45.3 Å². The number of carbonyl (C=O) groups excluding carboxylic acids is 3. The summed E-state index contributed by atoms with van der Waals surface area (Å²) >= 11 is 6.32. The zero-order valence-corrected chi connectivity index (χ0v) is 19.2. The summed E-state index contributed by atoms with van der Waals surface area (Å²) in [6, 6.07) is 6.99. The Morgan fingerprint density at radius 3 is 2.56 bits per heavy atom. The Kier molecular flexibility index (Phi) is 5.58. The molecule has 1 atom stereocenters. The Bertz CT molecular complexity index is 1090. The summed E-state index contributed by atoms with van der Waals surface area (Å²) in [5, 5.41) is 3.54. The van der Waals surface area contributed by atoms with Crippen molar-refractivity contribution in [2.24, 2.45) is 0 Å². The van der Waals surface area contributed by atoms with E-state index in [-0.39, 0.29) is 18.4 Å². The van der Waals surface area contributed by atoms with Crippen molar-refractivity contribution in [1.29, 1.82) is 0 Å². The molecule has 1 fully saturated rings. The maximum atomic E-state index is 13.0. The average molecular weight is 457 g/mol. The number of fused-ring (bicyclic) bond motifs is 1. The summed E-state index contributed by atoms with van der Waals surface area (Å²) in [4.78, 5) is 45.0. The topological polar surface area (TPSA) is 91.8 Å². The predicted octanol–water partition coefficient (Wildman–Crippen LogP) is 4.32. The Morgan fingerprint density at radius 2 is 1.97 bits per heavy atom. The molecule has 2 aliphatic heterocycles. The normalized spacial score (nSPS) is 18.2. The first-order valence-corrected chi connectivity index (χ1v) is 10.8. The summed E-state index contributed by atoms with van der Waals surface area (Å²) in [6.45, 7) is 6.00. The molecule has 0 spiro atoms. The molecule has 168 valence electrons. The fourth-order valence-electron chi connectivity index (χ4n) is 3.91. The predicted molar refractivity (Wildman–Crippen MR) is 120 cm³/mol. The number of halogens is 1. The molecule has 3 heterocycles. The van der Waals surface area contributed by atoms with Crippen LogP contribution in [0.1, 0.15) is 54.6 Å². The molecule has 8 nitrogen and oxygen atoms in total. The van der Waals surface area contributed by atoms with E-state index in [2.05, 4.69) is 10.3 Å². The molecule has 2 aromatic rings. The number of ether oxygens (including phenoxy) is 1. The molecule has 0 aliphatic carbocycles. The van der Waals surface area contributed by atoms with Crippen LogP contribution in [0.25, 0.3) is 0 Å². The minimum atomic E-state index is -0.724. The monoisotopic (exact) mass is 456 g/mol. The molecule has 2 aliphatic rings. The van der Waals surface area contributed by atoms with Crippen LogP contribution in [0, 0.1) is 0 Å². The van der Waals surface area contributed by atoms with E-state index in [9.17, 15) is 14.4 Å². The number of hydrogen-bond donors (Lipinski definition) is 1. The number of nitrogens with one attached hydrogen (secondary N) is 1. The zero-order valence-electron chi connectivity index (χ0n) is 18.4. The molecular formula is C23H25ClN4O4. The van der Waals surface area contributed by atoms with Crippen LogP contribution >= 0.6 is 11.6 Å². The Balaban J connectivity index is 1.56. The highest BCUT2D eigenvalue weighted by molar-refractivity contribution is 6.32. The Hall–Kier alpha value is -3.13. The van der Waals surface area contributed by atoms with Gasteiger partial charge in [0.2, 0.25) is 5.91 Å². The van der Waals surface area contributed by atoms with Gasteiger partial charge in [-0.2, -0.15) is 0 Å². The molecule has 3 amide bonds. The molecule has 1 unspecified atom stereocenters. The van der Waals surface area contributed by atoms with Gasteiger partial charge in [0.15, 0.2) is 0 Å². The number of anilines is 2. The largest absolute Gasteiger partial charge is 0.443 e.